The topological polar surface area (TPSA) is 65.1 Å². The molecule has 0 saturated heterocycles. The molecule has 0 fully saturated rings. The van der Waals surface area contributed by atoms with Gasteiger partial charge in [-0.1, -0.05) is 11.6 Å². The average molecular weight is 300 g/mol. The Labute approximate surface area is 121 Å². The van der Waals surface area contributed by atoms with Crippen LogP contribution < -0.4 is 9.47 Å². The Morgan fingerprint density at radius 2 is 2.05 bits per heavy atom. The quantitative estimate of drug-likeness (QED) is 0.795. The molecule has 1 aliphatic heterocycles. The molecule has 7 heteroatoms. The predicted molar refractivity (Wildman–Crippen MR) is 71.1 cm³/mol. The number of carbonyl (C=O) groups is 2. The van der Waals surface area contributed by atoms with Crippen molar-refractivity contribution < 1.29 is 23.8 Å². The molecule has 0 saturated carbocycles. The molecule has 2 rings (SSSR count). The fourth-order valence-electron chi connectivity index (χ4n) is 1.73. The van der Waals surface area contributed by atoms with E-state index in [0.717, 1.165) is 0 Å². The summed E-state index contributed by atoms with van der Waals surface area (Å²) in [4.78, 5) is 25.0. The zero-order chi connectivity index (χ0) is 14.9. The van der Waals surface area contributed by atoms with E-state index in [1.54, 1.807) is 14.1 Å². The second kappa shape index (κ2) is 5.58. The van der Waals surface area contributed by atoms with Gasteiger partial charge in [-0.3, -0.25) is 4.79 Å². The van der Waals surface area contributed by atoms with Crippen molar-refractivity contribution >= 4 is 23.5 Å². The molecule has 1 aromatic rings. The van der Waals surface area contributed by atoms with Crippen molar-refractivity contribution in [3.63, 3.8) is 0 Å². The number of carbonyl (C=O) groups excluding carboxylic acids is 2. The van der Waals surface area contributed by atoms with Crippen LogP contribution in [-0.4, -0.2) is 43.8 Å². The third kappa shape index (κ3) is 2.80. The van der Waals surface area contributed by atoms with Crippen LogP contribution in [0, 0.1) is 0 Å². The third-order valence-electron chi connectivity index (χ3n) is 2.74. The lowest BCUT2D eigenvalue weighted by Crippen LogP contribution is -2.34. The van der Waals surface area contributed by atoms with E-state index in [4.69, 9.17) is 25.8 Å². The molecule has 6 nitrogen and oxygen atoms in total. The molecule has 0 spiro atoms. The van der Waals surface area contributed by atoms with Gasteiger partial charge in [-0.25, -0.2) is 4.79 Å². The van der Waals surface area contributed by atoms with Crippen LogP contribution in [0.1, 0.15) is 17.3 Å². The number of benzene rings is 1. The minimum atomic E-state index is -0.873. The summed E-state index contributed by atoms with van der Waals surface area (Å²) in [5.41, 5.74) is 0.206. The Hall–Kier alpha value is -1.95. The number of nitrogens with zero attached hydrogens (tertiary/aromatic N) is 1. The molecule has 1 aliphatic rings. The van der Waals surface area contributed by atoms with Crippen LogP contribution in [0.4, 0.5) is 0 Å². The number of fused-ring (bicyclic) bond motifs is 1. The second-order valence-corrected chi connectivity index (χ2v) is 4.88. The van der Waals surface area contributed by atoms with Crippen LogP contribution in [0.5, 0.6) is 11.5 Å². The monoisotopic (exact) mass is 299 g/mol. The van der Waals surface area contributed by atoms with Crippen molar-refractivity contribution in [1.82, 2.24) is 4.90 Å². The molecular weight excluding hydrogens is 286 g/mol. The van der Waals surface area contributed by atoms with E-state index in [9.17, 15) is 9.59 Å². The molecule has 20 heavy (non-hydrogen) atoms. The molecule has 1 amide bonds. The minimum Gasteiger partial charge on any atom is -0.454 e. The fourth-order valence-corrected chi connectivity index (χ4v) is 1.99. The first-order valence-corrected chi connectivity index (χ1v) is 6.29. The molecule has 108 valence electrons. The summed E-state index contributed by atoms with van der Waals surface area (Å²) in [5.74, 6) is -0.158. The van der Waals surface area contributed by atoms with E-state index in [-0.39, 0.29) is 23.3 Å². The first-order valence-electron chi connectivity index (χ1n) is 5.91. The molecule has 1 heterocycles. The van der Waals surface area contributed by atoms with Gasteiger partial charge >= 0.3 is 5.97 Å². The second-order valence-electron chi connectivity index (χ2n) is 4.47. The van der Waals surface area contributed by atoms with E-state index in [2.05, 4.69) is 0 Å². The van der Waals surface area contributed by atoms with E-state index >= 15 is 0 Å². The highest BCUT2D eigenvalue weighted by Crippen LogP contribution is 2.39. The van der Waals surface area contributed by atoms with Crippen LogP contribution in [0.3, 0.4) is 0 Å². The number of esters is 1. The van der Waals surface area contributed by atoms with E-state index in [1.165, 1.54) is 24.0 Å². The highest BCUT2D eigenvalue weighted by Gasteiger charge is 2.24. The molecule has 0 unspecified atom stereocenters. The summed E-state index contributed by atoms with van der Waals surface area (Å²) in [7, 11) is 3.17. The van der Waals surface area contributed by atoms with Gasteiger partial charge in [0, 0.05) is 14.1 Å². The van der Waals surface area contributed by atoms with Gasteiger partial charge in [0.1, 0.15) is 0 Å². The zero-order valence-electron chi connectivity index (χ0n) is 11.3. The molecule has 0 N–H and O–H groups in total. The minimum absolute atomic E-state index is 0.0586. The lowest BCUT2D eigenvalue weighted by atomic mass is 10.2. The Morgan fingerprint density at radius 1 is 1.35 bits per heavy atom. The van der Waals surface area contributed by atoms with E-state index in [1.807, 2.05) is 0 Å². The fraction of sp³-hybridized carbons (Fsp3) is 0.385. The van der Waals surface area contributed by atoms with Gasteiger partial charge in [-0.05, 0) is 19.1 Å². The van der Waals surface area contributed by atoms with Gasteiger partial charge in [0.2, 0.25) is 6.79 Å². The summed E-state index contributed by atoms with van der Waals surface area (Å²) < 4.78 is 15.4. The number of likely N-dealkylation sites (N-methyl/N-ethyl adjacent to an activating group) is 1. The Kier molecular flexibility index (Phi) is 4.04. The van der Waals surface area contributed by atoms with E-state index in [0.29, 0.717) is 11.5 Å². The standard InChI is InChI=1S/C13H14ClNO5/c1-7(12(16)15(2)3)20-13(17)8-4-9(14)11-10(5-8)18-6-19-11/h4-5,7H,6H2,1-3H3/t7-/m0/s1. The van der Waals surface area contributed by atoms with Gasteiger partial charge in [0.05, 0.1) is 10.6 Å². The van der Waals surface area contributed by atoms with Crippen molar-refractivity contribution in [2.75, 3.05) is 20.9 Å². The normalized spacial score (nSPS) is 13.8. The Bertz CT molecular complexity index is 558. The lowest BCUT2D eigenvalue weighted by molar-refractivity contribution is -0.137. The van der Waals surface area contributed by atoms with Crippen molar-refractivity contribution in [2.45, 2.75) is 13.0 Å². The van der Waals surface area contributed by atoms with Crippen LogP contribution in [-0.2, 0) is 9.53 Å². The number of amides is 1. The molecule has 0 aliphatic carbocycles. The average Bonchev–Trinajstić information content (AvgIpc) is 2.86. The number of hydrogen-bond donors (Lipinski definition) is 0. The Morgan fingerprint density at radius 3 is 2.70 bits per heavy atom. The number of halogens is 1. The van der Waals surface area contributed by atoms with Crippen LogP contribution in [0.2, 0.25) is 5.02 Å². The largest absolute Gasteiger partial charge is 0.454 e. The van der Waals surface area contributed by atoms with Gasteiger partial charge < -0.3 is 19.1 Å². The van der Waals surface area contributed by atoms with Gasteiger partial charge in [0.15, 0.2) is 17.6 Å². The lowest BCUT2D eigenvalue weighted by Gasteiger charge is -2.17. The Balaban J connectivity index is 2.14. The van der Waals surface area contributed by atoms with Gasteiger partial charge in [-0.2, -0.15) is 0 Å². The SMILES string of the molecule is C[C@H](OC(=O)c1cc(Cl)c2c(c1)OCO2)C(=O)N(C)C. The maximum absolute atomic E-state index is 12.0. The smallest absolute Gasteiger partial charge is 0.339 e. The van der Waals surface area contributed by atoms with Crippen LogP contribution >= 0.6 is 11.6 Å². The first kappa shape index (κ1) is 14.5. The highest BCUT2D eigenvalue weighted by molar-refractivity contribution is 6.32. The zero-order valence-corrected chi connectivity index (χ0v) is 12.1. The van der Waals surface area contributed by atoms with Crippen LogP contribution in [0.15, 0.2) is 12.1 Å². The molecule has 1 aromatic carbocycles. The maximum Gasteiger partial charge on any atom is 0.339 e. The maximum atomic E-state index is 12.0. The molecule has 0 radical (unpaired) electrons. The molecular formula is C13H14ClNO5. The van der Waals surface area contributed by atoms with Crippen molar-refractivity contribution in [2.24, 2.45) is 0 Å². The molecule has 0 bridgehead atoms. The summed E-state index contributed by atoms with van der Waals surface area (Å²) in [6.07, 6.45) is -0.873. The summed E-state index contributed by atoms with van der Waals surface area (Å²) in [6, 6.07) is 2.90. The number of ether oxygens (including phenoxy) is 3. The highest BCUT2D eigenvalue weighted by atomic mass is 35.5. The van der Waals surface area contributed by atoms with Crippen molar-refractivity contribution in [3.05, 3.63) is 22.7 Å². The van der Waals surface area contributed by atoms with Crippen molar-refractivity contribution in [1.29, 1.82) is 0 Å². The number of hydrogen-bond acceptors (Lipinski definition) is 5. The predicted octanol–water partition coefficient (Wildman–Crippen LogP) is 1.70. The third-order valence-corrected chi connectivity index (χ3v) is 3.02. The molecule has 1 atom stereocenters. The molecule has 0 aromatic heterocycles. The van der Waals surface area contributed by atoms with Crippen LogP contribution in [0.25, 0.3) is 0 Å². The van der Waals surface area contributed by atoms with Gasteiger partial charge in [-0.15, -0.1) is 0 Å². The van der Waals surface area contributed by atoms with Crippen molar-refractivity contribution in [3.8, 4) is 11.5 Å². The summed E-state index contributed by atoms with van der Waals surface area (Å²) in [5, 5.41) is 0.263. The summed E-state index contributed by atoms with van der Waals surface area (Å²) in [6.45, 7) is 1.57. The summed E-state index contributed by atoms with van der Waals surface area (Å²) >= 11 is 5.98. The van der Waals surface area contributed by atoms with Gasteiger partial charge in [0.25, 0.3) is 5.91 Å². The van der Waals surface area contributed by atoms with E-state index < -0.39 is 12.1 Å². The first-order chi connectivity index (χ1) is 9.40. The number of rotatable bonds is 3.